The molecule has 0 spiro atoms. The number of pyridine rings is 1. The summed E-state index contributed by atoms with van der Waals surface area (Å²) in [7, 11) is -2.03. The van der Waals surface area contributed by atoms with Gasteiger partial charge in [0.05, 0.1) is 10.6 Å². The molecule has 1 aromatic carbocycles. The molecule has 1 N–H and O–H groups in total. The Morgan fingerprint density at radius 1 is 1.15 bits per heavy atom. The molecular weight excluding hydrogens is 460 g/mol. The van der Waals surface area contributed by atoms with Gasteiger partial charge in [-0.15, -0.1) is 0 Å². The second-order valence-corrected chi connectivity index (χ2v) is 10.6. The van der Waals surface area contributed by atoms with Crippen molar-refractivity contribution in [3.8, 4) is 0 Å². The van der Waals surface area contributed by atoms with E-state index in [0.29, 0.717) is 35.5 Å². The maximum atomic E-state index is 13.0. The quantitative estimate of drug-likeness (QED) is 0.377. The monoisotopic (exact) mass is 482 g/mol. The van der Waals surface area contributed by atoms with Gasteiger partial charge in [0.15, 0.2) is 5.65 Å². The van der Waals surface area contributed by atoms with Crippen molar-refractivity contribution in [1.29, 1.82) is 0 Å². The van der Waals surface area contributed by atoms with Crippen LogP contribution in [0.25, 0.3) is 5.65 Å². The summed E-state index contributed by atoms with van der Waals surface area (Å²) in [5.74, 6) is 1.16. The summed E-state index contributed by atoms with van der Waals surface area (Å²) in [6.45, 7) is 0.343. The van der Waals surface area contributed by atoms with E-state index in [1.807, 2.05) is 24.3 Å². The number of hydrogen-bond acceptors (Lipinski definition) is 6. The lowest BCUT2D eigenvalue weighted by Crippen LogP contribution is -2.29. The zero-order valence-electron chi connectivity index (χ0n) is 18.0. The van der Waals surface area contributed by atoms with E-state index in [0.717, 1.165) is 29.9 Å². The fraction of sp³-hybridized carbons (Fsp3) is 0.261. The van der Waals surface area contributed by atoms with Crippen molar-refractivity contribution in [1.82, 2.24) is 23.9 Å². The third-order valence-corrected chi connectivity index (χ3v) is 7.72. The molecule has 5 rings (SSSR count). The zero-order valence-corrected chi connectivity index (χ0v) is 19.6. The summed E-state index contributed by atoms with van der Waals surface area (Å²) in [5, 5.41) is 8.30. The molecule has 0 aliphatic heterocycles. The highest BCUT2D eigenvalue weighted by atomic mass is 35.5. The number of aromatic nitrogens is 4. The van der Waals surface area contributed by atoms with Crippen LogP contribution in [0.4, 0.5) is 11.5 Å². The molecule has 8 nitrogen and oxygen atoms in total. The first kappa shape index (κ1) is 21.8. The lowest BCUT2D eigenvalue weighted by Gasteiger charge is -2.17. The Morgan fingerprint density at radius 3 is 2.64 bits per heavy atom. The SMILES string of the molecule is CN(CCc1ccccn1)S(=O)(=O)c1ccc(Nc2cc(Cl)nc3cc(C4CC4)nn23)cc1. The first-order valence-electron chi connectivity index (χ1n) is 10.7. The number of likely N-dealkylation sites (N-methyl/N-ethyl adjacent to an activating group) is 1. The molecular formula is C23H23ClN6O2S. The van der Waals surface area contributed by atoms with Crippen molar-refractivity contribution in [3.63, 3.8) is 0 Å². The van der Waals surface area contributed by atoms with Gasteiger partial charge in [-0.25, -0.2) is 17.7 Å². The number of nitrogens with zero attached hydrogens (tertiary/aromatic N) is 5. The van der Waals surface area contributed by atoms with Gasteiger partial charge in [0.2, 0.25) is 10.0 Å². The predicted octanol–water partition coefficient (Wildman–Crippen LogP) is 4.26. The van der Waals surface area contributed by atoms with E-state index < -0.39 is 10.0 Å². The van der Waals surface area contributed by atoms with Crippen LogP contribution in [0.2, 0.25) is 5.15 Å². The normalized spacial score (nSPS) is 14.2. The topological polar surface area (TPSA) is 92.5 Å². The van der Waals surface area contributed by atoms with Gasteiger partial charge in [-0.2, -0.15) is 9.61 Å². The minimum absolute atomic E-state index is 0.226. The third kappa shape index (κ3) is 4.71. The number of hydrogen-bond donors (Lipinski definition) is 1. The van der Waals surface area contributed by atoms with Crippen LogP contribution in [-0.2, 0) is 16.4 Å². The number of fused-ring (bicyclic) bond motifs is 1. The maximum Gasteiger partial charge on any atom is 0.242 e. The maximum absolute atomic E-state index is 13.0. The molecule has 33 heavy (non-hydrogen) atoms. The van der Waals surface area contributed by atoms with Crippen LogP contribution in [0, 0.1) is 0 Å². The van der Waals surface area contributed by atoms with Crippen LogP contribution in [0.15, 0.2) is 65.7 Å². The number of nitrogens with one attached hydrogen (secondary N) is 1. The molecule has 1 fully saturated rings. The molecule has 0 atom stereocenters. The van der Waals surface area contributed by atoms with Gasteiger partial charge < -0.3 is 5.32 Å². The van der Waals surface area contributed by atoms with E-state index >= 15 is 0 Å². The summed E-state index contributed by atoms with van der Waals surface area (Å²) in [5.41, 5.74) is 3.27. The van der Waals surface area contributed by atoms with Gasteiger partial charge in [0, 0.05) is 55.6 Å². The molecule has 0 radical (unpaired) electrons. The fourth-order valence-corrected chi connectivity index (χ4v) is 4.97. The number of halogens is 1. The van der Waals surface area contributed by atoms with Gasteiger partial charge in [-0.1, -0.05) is 17.7 Å². The Bertz CT molecular complexity index is 1390. The van der Waals surface area contributed by atoms with E-state index in [1.165, 1.54) is 4.31 Å². The average molecular weight is 483 g/mol. The minimum Gasteiger partial charge on any atom is -0.340 e. The minimum atomic E-state index is -3.61. The van der Waals surface area contributed by atoms with Crippen molar-refractivity contribution < 1.29 is 8.42 Å². The highest BCUT2D eigenvalue weighted by Crippen LogP contribution is 2.39. The molecule has 170 valence electrons. The van der Waals surface area contributed by atoms with E-state index in [9.17, 15) is 8.42 Å². The van der Waals surface area contributed by atoms with E-state index in [4.69, 9.17) is 11.6 Å². The van der Waals surface area contributed by atoms with Crippen molar-refractivity contribution in [2.75, 3.05) is 18.9 Å². The number of anilines is 2. The van der Waals surface area contributed by atoms with Crippen LogP contribution in [-0.4, -0.2) is 45.9 Å². The first-order valence-corrected chi connectivity index (χ1v) is 12.5. The Morgan fingerprint density at radius 2 is 1.94 bits per heavy atom. The molecule has 4 aromatic rings. The summed E-state index contributed by atoms with van der Waals surface area (Å²) in [6.07, 6.45) is 4.54. The lowest BCUT2D eigenvalue weighted by molar-refractivity contribution is 0.471. The van der Waals surface area contributed by atoms with E-state index in [-0.39, 0.29) is 4.90 Å². The second kappa shape index (κ2) is 8.74. The Labute approximate surface area is 197 Å². The van der Waals surface area contributed by atoms with Crippen molar-refractivity contribution in [2.45, 2.75) is 30.1 Å². The third-order valence-electron chi connectivity index (χ3n) is 5.65. The van der Waals surface area contributed by atoms with Gasteiger partial charge >= 0.3 is 0 Å². The average Bonchev–Trinajstić information content (AvgIpc) is 3.58. The summed E-state index contributed by atoms with van der Waals surface area (Å²) >= 11 is 6.21. The molecule has 0 saturated heterocycles. The summed E-state index contributed by atoms with van der Waals surface area (Å²) in [4.78, 5) is 8.83. The van der Waals surface area contributed by atoms with Crippen LogP contribution in [0.5, 0.6) is 0 Å². The molecule has 1 aliphatic rings. The highest BCUT2D eigenvalue weighted by Gasteiger charge is 2.27. The molecule has 1 aliphatic carbocycles. The standard InChI is InChI=1S/C23H23ClN6O2S/c1-29(13-11-17-4-2-3-12-25-17)33(31,32)19-9-7-18(8-10-19)26-23-15-21(24)27-22-14-20(16-5-6-16)28-30(22)23/h2-4,7-10,12,14-16,26H,5-6,11,13H2,1H3. The largest absolute Gasteiger partial charge is 0.340 e. The van der Waals surface area contributed by atoms with E-state index in [2.05, 4.69) is 20.4 Å². The van der Waals surface area contributed by atoms with Crippen LogP contribution < -0.4 is 5.32 Å². The Hall–Kier alpha value is -3.01. The summed E-state index contributed by atoms with van der Waals surface area (Å²) in [6, 6.07) is 15.9. The van der Waals surface area contributed by atoms with Gasteiger partial charge in [0.1, 0.15) is 11.0 Å². The van der Waals surface area contributed by atoms with Crippen molar-refractivity contribution >= 4 is 38.8 Å². The lowest BCUT2D eigenvalue weighted by atomic mass is 10.3. The second-order valence-electron chi connectivity index (χ2n) is 8.12. The van der Waals surface area contributed by atoms with Crippen LogP contribution in [0.1, 0.15) is 30.1 Å². The van der Waals surface area contributed by atoms with Crippen molar-refractivity contribution in [3.05, 3.63) is 77.3 Å². The number of sulfonamides is 1. The molecule has 0 unspecified atom stereocenters. The van der Waals surface area contributed by atoms with Crippen LogP contribution in [0.3, 0.4) is 0 Å². The van der Waals surface area contributed by atoms with Crippen LogP contribution >= 0.6 is 11.6 Å². The molecule has 0 amide bonds. The number of rotatable bonds is 8. The smallest absolute Gasteiger partial charge is 0.242 e. The van der Waals surface area contributed by atoms with E-state index in [1.54, 1.807) is 48.1 Å². The Kier molecular flexibility index (Phi) is 5.77. The van der Waals surface area contributed by atoms with Gasteiger partial charge in [-0.05, 0) is 49.2 Å². The number of benzene rings is 1. The molecule has 1 saturated carbocycles. The Balaban J connectivity index is 1.32. The first-order chi connectivity index (χ1) is 15.9. The molecule has 0 bridgehead atoms. The molecule has 10 heteroatoms. The van der Waals surface area contributed by atoms with Gasteiger partial charge in [-0.3, -0.25) is 4.98 Å². The molecule has 3 heterocycles. The summed E-state index contributed by atoms with van der Waals surface area (Å²) < 4.78 is 29.0. The fourth-order valence-electron chi connectivity index (χ4n) is 3.61. The van der Waals surface area contributed by atoms with Crippen molar-refractivity contribution in [2.24, 2.45) is 0 Å². The predicted molar refractivity (Wildman–Crippen MR) is 127 cm³/mol. The molecule has 3 aromatic heterocycles. The zero-order chi connectivity index (χ0) is 23.0. The van der Waals surface area contributed by atoms with Gasteiger partial charge in [0.25, 0.3) is 0 Å². The highest BCUT2D eigenvalue weighted by molar-refractivity contribution is 7.89.